The lowest BCUT2D eigenvalue weighted by molar-refractivity contribution is -0.149. The summed E-state index contributed by atoms with van der Waals surface area (Å²) in [7, 11) is 0. The van der Waals surface area contributed by atoms with Crippen LogP contribution in [0, 0.1) is 5.92 Å². The van der Waals surface area contributed by atoms with Crippen molar-refractivity contribution >= 4 is 65.2 Å². The first-order valence-corrected chi connectivity index (χ1v) is 23.4. The molecule has 2 saturated heterocycles. The number of unbranched alkanes of at least 4 members (excludes halogenated alkanes) is 1. The minimum absolute atomic E-state index is 0.0101. The van der Waals surface area contributed by atoms with Gasteiger partial charge in [-0.3, -0.25) is 48.1 Å². The van der Waals surface area contributed by atoms with E-state index in [2.05, 4.69) is 47.5 Å². The summed E-state index contributed by atoms with van der Waals surface area (Å²) in [4.78, 5) is 137. The SMILES string of the molecule is CC[C@H](C)[C@H](NC(=O)[C@H](CO)NC(=O)[C@@H]1CCCN1)C(=O)N[C@@H](CC(=O)O)C(=O)N[C@@H](CCCN=C(N)N)C(=O)N[C@@H](CO)C(=O)N[C@H](C(=O)N[C@@H](CCCCN)C(=O)N1CCC[C@H]1C(=O)O)[C@@H](C)O. The third-order valence-corrected chi connectivity index (χ3v) is 11.8. The van der Waals surface area contributed by atoms with Gasteiger partial charge in [0.25, 0.3) is 0 Å². The Morgan fingerprint density at radius 2 is 1.23 bits per heavy atom. The van der Waals surface area contributed by atoms with Gasteiger partial charge >= 0.3 is 11.9 Å². The molecule has 2 rings (SSSR count). The van der Waals surface area contributed by atoms with Crippen LogP contribution in [0.3, 0.4) is 0 Å². The Morgan fingerprint density at radius 1 is 0.686 bits per heavy atom. The van der Waals surface area contributed by atoms with E-state index in [1.807, 2.05) is 0 Å². The number of guanidine groups is 1. The Bertz CT molecular complexity index is 1850. The monoisotopic (exact) mass is 1000 g/mol. The van der Waals surface area contributed by atoms with Crippen LogP contribution in [-0.4, -0.2) is 195 Å². The normalized spacial score (nSPS) is 19.3. The molecule has 0 aromatic rings. The second-order valence-electron chi connectivity index (χ2n) is 17.3. The molecule has 28 nitrogen and oxygen atoms in total. The predicted molar refractivity (Wildman–Crippen MR) is 247 cm³/mol. The van der Waals surface area contributed by atoms with Gasteiger partial charge in [-0.2, -0.15) is 0 Å². The summed E-state index contributed by atoms with van der Waals surface area (Å²) < 4.78 is 0. The van der Waals surface area contributed by atoms with Gasteiger partial charge in [-0.1, -0.05) is 20.3 Å². The van der Waals surface area contributed by atoms with Crippen LogP contribution in [0.5, 0.6) is 0 Å². The molecule has 19 N–H and O–H groups in total. The van der Waals surface area contributed by atoms with E-state index >= 15 is 0 Å². The molecule has 8 amide bonds. The smallest absolute Gasteiger partial charge is 0.326 e. The third-order valence-electron chi connectivity index (χ3n) is 11.8. The minimum Gasteiger partial charge on any atom is -0.481 e. The van der Waals surface area contributed by atoms with Gasteiger partial charge < -0.3 is 90.2 Å². The number of hydrogen-bond donors (Lipinski definition) is 16. The maximum atomic E-state index is 13.8. The van der Waals surface area contributed by atoms with Gasteiger partial charge in [-0.15, -0.1) is 0 Å². The molecule has 0 aliphatic carbocycles. The molecule has 0 radical (unpaired) electrons. The fourth-order valence-corrected chi connectivity index (χ4v) is 7.65. The number of nitrogens with two attached hydrogens (primary N) is 3. The molecule has 0 aromatic carbocycles. The largest absolute Gasteiger partial charge is 0.481 e. The summed E-state index contributed by atoms with van der Waals surface area (Å²) in [6.07, 6.45) is -0.0313. The van der Waals surface area contributed by atoms with E-state index in [0.29, 0.717) is 32.2 Å². The number of amides is 8. The van der Waals surface area contributed by atoms with Crippen LogP contribution in [0.2, 0.25) is 0 Å². The van der Waals surface area contributed by atoms with Gasteiger partial charge in [0.05, 0.1) is 31.8 Å². The van der Waals surface area contributed by atoms with E-state index in [-0.39, 0.29) is 57.7 Å². The summed E-state index contributed by atoms with van der Waals surface area (Å²) >= 11 is 0. The molecule has 2 fully saturated rings. The number of carboxylic acids is 2. The van der Waals surface area contributed by atoms with Gasteiger partial charge in [0.2, 0.25) is 47.3 Å². The first-order valence-electron chi connectivity index (χ1n) is 23.4. The fourth-order valence-electron chi connectivity index (χ4n) is 7.65. The Hall–Kier alpha value is -6.23. The lowest BCUT2D eigenvalue weighted by atomic mass is 9.97. The molecule has 0 saturated carbocycles. The van der Waals surface area contributed by atoms with Crippen LogP contribution in [0.25, 0.3) is 0 Å². The molecule has 0 spiro atoms. The number of aliphatic imine (C=N–C) groups is 1. The number of carboxylic acid groups (broad SMARTS) is 2. The summed E-state index contributed by atoms with van der Waals surface area (Å²) in [5, 5.41) is 69.6. The highest BCUT2D eigenvalue weighted by atomic mass is 16.4. The molecule has 28 heteroatoms. The lowest BCUT2D eigenvalue weighted by Crippen LogP contribution is -2.62. The average Bonchev–Trinajstić information content (AvgIpc) is 4.04. The zero-order valence-electron chi connectivity index (χ0n) is 39.8. The molecule has 0 aromatic heterocycles. The van der Waals surface area contributed by atoms with Crippen LogP contribution in [0.4, 0.5) is 0 Å². The highest BCUT2D eigenvalue weighted by Crippen LogP contribution is 2.20. The van der Waals surface area contributed by atoms with E-state index in [1.54, 1.807) is 13.8 Å². The molecule has 0 unspecified atom stereocenters. The average molecular weight is 1000 g/mol. The van der Waals surface area contributed by atoms with Gasteiger partial charge in [0.1, 0.15) is 48.3 Å². The lowest BCUT2D eigenvalue weighted by Gasteiger charge is -2.30. The van der Waals surface area contributed by atoms with Crippen LogP contribution >= 0.6 is 0 Å². The van der Waals surface area contributed by atoms with Crippen molar-refractivity contribution in [3.05, 3.63) is 0 Å². The van der Waals surface area contributed by atoms with Crippen LogP contribution in [0.15, 0.2) is 4.99 Å². The number of likely N-dealkylation sites (tertiary alicyclic amines) is 1. The standard InChI is InChI=1S/C42H73N13O15/c1-4-21(2)31(53-36(64)27(19-56)51-33(61)23-11-7-15-46-23)38(66)50-26(18-30(59)60)35(63)48-24(12-8-16-47-42(44)45)34(62)52-28(20-57)37(65)54-32(22(3)58)39(67)49-25(10-5-6-14-43)40(68)55-17-9-13-29(55)41(69)70/h21-29,31-32,46,56-58H,4-20,43H2,1-3H3,(H,48,63)(H,49,67)(H,50,66)(H,51,61)(H,52,62)(H,53,64)(H,54,65)(H,59,60)(H,69,70)(H4,44,45,47)/t21-,22+,23-,24-,25-,26-,27-,28-,29-,31-,32-/m0/s1. The third kappa shape index (κ3) is 19.3. The van der Waals surface area contributed by atoms with Crippen LogP contribution < -0.4 is 59.7 Å². The highest BCUT2D eigenvalue weighted by molar-refractivity contribution is 5.99. The van der Waals surface area contributed by atoms with E-state index in [1.165, 1.54) is 0 Å². The molecule has 70 heavy (non-hydrogen) atoms. The van der Waals surface area contributed by atoms with Crippen molar-refractivity contribution in [2.24, 2.45) is 28.1 Å². The Balaban J connectivity index is 2.32. The van der Waals surface area contributed by atoms with Crippen LogP contribution in [0.1, 0.15) is 91.4 Å². The zero-order chi connectivity index (χ0) is 52.7. The van der Waals surface area contributed by atoms with Crippen molar-refractivity contribution in [3.8, 4) is 0 Å². The topological polar surface area (TPSA) is 462 Å². The maximum Gasteiger partial charge on any atom is 0.326 e. The molecule has 2 aliphatic heterocycles. The second-order valence-corrected chi connectivity index (χ2v) is 17.3. The molecule has 2 heterocycles. The fraction of sp³-hybridized carbons (Fsp3) is 0.738. The van der Waals surface area contributed by atoms with Gasteiger partial charge in [0.15, 0.2) is 5.96 Å². The number of nitrogens with one attached hydrogen (secondary N) is 8. The number of aliphatic carboxylic acids is 2. The number of aliphatic hydroxyl groups excluding tert-OH is 3. The van der Waals surface area contributed by atoms with Crippen molar-refractivity contribution in [1.82, 2.24) is 47.4 Å². The van der Waals surface area contributed by atoms with Gasteiger partial charge in [0, 0.05) is 13.1 Å². The van der Waals surface area contributed by atoms with Gasteiger partial charge in [-0.25, -0.2) is 4.79 Å². The van der Waals surface area contributed by atoms with Crippen molar-refractivity contribution in [1.29, 1.82) is 0 Å². The first kappa shape index (κ1) is 59.9. The van der Waals surface area contributed by atoms with E-state index < -0.39 is 145 Å². The molecule has 2 aliphatic rings. The van der Waals surface area contributed by atoms with Crippen molar-refractivity contribution in [2.45, 2.75) is 152 Å². The number of hydrogen-bond acceptors (Lipinski definition) is 16. The maximum absolute atomic E-state index is 13.8. The molecular weight excluding hydrogens is 927 g/mol. The van der Waals surface area contributed by atoms with E-state index in [0.717, 1.165) is 18.2 Å². The van der Waals surface area contributed by atoms with Crippen molar-refractivity contribution < 1.29 is 73.5 Å². The van der Waals surface area contributed by atoms with Crippen molar-refractivity contribution in [3.63, 3.8) is 0 Å². The minimum atomic E-state index is -1.89. The van der Waals surface area contributed by atoms with Crippen molar-refractivity contribution in [2.75, 3.05) is 39.4 Å². The van der Waals surface area contributed by atoms with E-state index in [4.69, 9.17) is 17.2 Å². The first-order chi connectivity index (χ1) is 33.1. The molecule has 396 valence electrons. The summed E-state index contributed by atoms with van der Waals surface area (Å²) in [5.74, 6) is -11.6. The number of nitrogens with zero attached hydrogens (tertiary/aromatic N) is 2. The summed E-state index contributed by atoms with van der Waals surface area (Å²) in [6, 6.07) is -13.1. The molecule has 0 bridgehead atoms. The second kappa shape index (κ2) is 30.4. The summed E-state index contributed by atoms with van der Waals surface area (Å²) in [5.41, 5.74) is 16.4. The van der Waals surface area contributed by atoms with Gasteiger partial charge in [-0.05, 0) is 83.7 Å². The number of rotatable bonds is 31. The predicted octanol–water partition coefficient (Wildman–Crippen LogP) is -6.72. The quantitative estimate of drug-likeness (QED) is 0.0174. The van der Waals surface area contributed by atoms with E-state index in [9.17, 15) is 73.5 Å². The molecular formula is C42H73N13O15. The zero-order valence-corrected chi connectivity index (χ0v) is 39.8. The molecule has 11 atom stereocenters. The highest BCUT2D eigenvalue weighted by Gasteiger charge is 2.40. The number of carbonyl (C=O) groups is 10. The summed E-state index contributed by atoms with van der Waals surface area (Å²) in [6.45, 7) is 3.32. The van der Waals surface area contributed by atoms with Crippen LogP contribution in [-0.2, 0) is 47.9 Å². The Labute approximate surface area is 404 Å². The number of aliphatic hydroxyl groups is 3. The number of carbonyl (C=O) groups excluding carboxylic acids is 8. The Kier molecular flexibility index (Phi) is 26.0. The Morgan fingerprint density at radius 3 is 1.77 bits per heavy atom.